The molecule has 0 saturated heterocycles. The third-order valence-corrected chi connectivity index (χ3v) is 3.70. The molecule has 0 spiro atoms. The number of nitrogens with zero attached hydrogens (tertiary/aromatic N) is 1. The molecule has 7 heteroatoms. The molecule has 110 valence electrons. The summed E-state index contributed by atoms with van der Waals surface area (Å²) in [7, 11) is 0. The fourth-order valence-corrected chi connectivity index (χ4v) is 2.31. The van der Waals surface area contributed by atoms with E-state index in [0.717, 1.165) is 5.56 Å². The zero-order valence-electron chi connectivity index (χ0n) is 10.8. The minimum absolute atomic E-state index is 0.0182. The Morgan fingerprint density at radius 1 is 1.33 bits per heavy atom. The zero-order valence-corrected chi connectivity index (χ0v) is 13.1. The fourth-order valence-electron chi connectivity index (χ4n) is 1.73. The van der Waals surface area contributed by atoms with Gasteiger partial charge in [-0.15, -0.1) is 0 Å². The van der Waals surface area contributed by atoms with Gasteiger partial charge in [0.25, 0.3) is 0 Å². The summed E-state index contributed by atoms with van der Waals surface area (Å²) < 4.78 is 14.4. The topological polar surface area (TPSA) is 70.6 Å². The molecule has 0 amide bonds. The van der Waals surface area contributed by atoms with Gasteiger partial charge in [0.2, 0.25) is 0 Å². The highest BCUT2D eigenvalue weighted by Crippen LogP contribution is 2.22. The standard InChI is InChI=1S/C14H12BrClFN3O/c15-10-3-4-13(12(17)6-10)19-7-9-2-1-8(5-11(9)16)14(18)20-21/h1-6,19,21H,7H2,(H2,18,20). The van der Waals surface area contributed by atoms with Crippen molar-refractivity contribution in [1.29, 1.82) is 0 Å². The molecule has 2 rings (SSSR count). The molecule has 4 N–H and O–H groups in total. The first-order valence-corrected chi connectivity index (χ1v) is 7.13. The van der Waals surface area contributed by atoms with Crippen LogP contribution in [0.1, 0.15) is 11.1 Å². The maximum atomic E-state index is 13.7. The molecule has 2 aromatic carbocycles. The molecule has 0 atom stereocenters. The van der Waals surface area contributed by atoms with Crippen LogP contribution in [0, 0.1) is 5.82 Å². The fraction of sp³-hybridized carbons (Fsp3) is 0.0714. The number of anilines is 1. The first-order valence-electron chi connectivity index (χ1n) is 5.96. The molecule has 0 unspecified atom stereocenters. The molecule has 2 aromatic rings. The molecule has 4 nitrogen and oxygen atoms in total. The van der Waals surface area contributed by atoms with E-state index in [1.165, 1.54) is 6.07 Å². The number of benzene rings is 2. The van der Waals surface area contributed by atoms with E-state index in [2.05, 4.69) is 26.4 Å². The van der Waals surface area contributed by atoms with Gasteiger partial charge in [-0.05, 0) is 29.8 Å². The van der Waals surface area contributed by atoms with E-state index in [4.69, 9.17) is 22.5 Å². The third-order valence-electron chi connectivity index (χ3n) is 2.86. The van der Waals surface area contributed by atoms with Crippen LogP contribution in [0.5, 0.6) is 0 Å². The van der Waals surface area contributed by atoms with Crippen LogP contribution in [-0.2, 0) is 6.54 Å². The molecule has 0 aliphatic heterocycles. The first kappa shape index (κ1) is 15.6. The van der Waals surface area contributed by atoms with Crippen molar-refractivity contribution in [1.82, 2.24) is 0 Å². The van der Waals surface area contributed by atoms with E-state index in [0.29, 0.717) is 27.3 Å². The number of nitrogens with two attached hydrogens (primary N) is 1. The molecule has 0 fully saturated rings. The number of oxime groups is 1. The van der Waals surface area contributed by atoms with Crippen molar-refractivity contribution in [2.24, 2.45) is 10.9 Å². The van der Waals surface area contributed by atoms with Crippen LogP contribution in [0.15, 0.2) is 46.0 Å². The Kier molecular flexibility index (Phi) is 5.03. The molecule has 0 saturated carbocycles. The number of rotatable bonds is 4. The van der Waals surface area contributed by atoms with Crippen molar-refractivity contribution in [2.45, 2.75) is 6.54 Å². The summed E-state index contributed by atoms with van der Waals surface area (Å²) in [6, 6.07) is 9.76. The predicted molar refractivity (Wildman–Crippen MR) is 85.4 cm³/mol. The highest BCUT2D eigenvalue weighted by molar-refractivity contribution is 9.10. The Hall–Kier alpha value is -1.79. The minimum Gasteiger partial charge on any atom is -0.409 e. The zero-order chi connectivity index (χ0) is 15.4. The monoisotopic (exact) mass is 371 g/mol. The van der Waals surface area contributed by atoms with Crippen molar-refractivity contribution < 1.29 is 9.60 Å². The summed E-state index contributed by atoms with van der Waals surface area (Å²) in [5, 5.41) is 14.9. The van der Waals surface area contributed by atoms with Gasteiger partial charge in [-0.2, -0.15) is 0 Å². The quantitative estimate of drug-likeness (QED) is 0.329. The van der Waals surface area contributed by atoms with Gasteiger partial charge < -0.3 is 16.3 Å². The lowest BCUT2D eigenvalue weighted by atomic mass is 10.1. The summed E-state index contributed by atoms with van der Waals surface area (Å²) in [5.41, 5.74) is 7.15. The number of hydrogen-bond acceptors (Lipinski definition) is 3. The molecular weight excluding hydrogens is 361 g/mol. The van der Waals surface area contributed by atoms with Crippen molar-refractivity contribution in [2.75, 3.05) is 5.32 Å². The summed E-state index contributed by atoms with van der Waals surface area (Å²) in [6.07, 6.45) is 0. The Labute approximate surface area is 134 Å². The Morgan fingerprint density at radius 2 is 2.10 bits per heavy atom. The van der Waals surface area contributed by atoms with Gasteiger partial charge in [0.05, 0.1) is 5.69 Å². The third kappa shape index (κ3) is 3.86. The van der Waals surface area contributed by atoms with Gasteiger partial charge in [0, 0.05) is 21.6 Å². The van der Waals surface area contributed by atoms with Gasteiger partial charge in [-0.3, -0.25) is 0 Å². The SMILES string of the molecule is N/C(=N/O)c1ccc(CNc2ccc(Br)cc2F)c(Cl)c1. The molecule has 0 bridgehead atoms. The van der Waals surface area contributed by atoms with E-state index >= 15 is 0 Å². The van der Waals surface area contributed by atoms with E-state index in [1.54, 1.807) is 30.3 Å². The van der Waals surface area contributed by atoms with Crippen LogP contribution < -0.4 is 11.1 Å². The number of halogens is 3. The summed E-state index contributed by atoms with van der Waals surface area (Å²) in [6.45, 7) is 0.355. The van der Waals surface area contributed by atoms with Crippen molar-refractivity contribution in [3.8, 4) is 0 Å². The summed E-state index contributed by atoms with van der Waals surface area (Å²) >= 11 is 9.33. The van der Waals surface area contributed by atoms with Crippen LogP contribution in [0.4, 0.5) is 10.1 Å². The highest BCUT2D eigenvalue weighted by atomic mass is 79.9. The van der Waals surface area contributed by atoms with Crippen LogP contribution in [0.25, 0.3) is 0 Å². The van der Waals surface area contributed by atoms with Crippen molar-refractivity contribution >= 4 is 39.1 Å². The van der Waals surface area contributed by atoms with Gasteiger partial charge in [-0.1, -0.05) is 44.8 Å². The molecule has 0 aliphatic rings. The number of amidine groups is 1. The van der Waals surface area contributed by atoms with Crippen LogP contribution in [-0.4, -0.2) is 11.0 Å². The summed E-state index contributed by atoms with van der Waals surface area (Å²) in [5.74, 6) is -0.371. The Morgan fingerprint density at radius 3 is 2.71 bits per heavy atom. The normalized spacial score (nSPS) is 11.5. The van der Waals surface area contributed by atoms with Crippen LogP contribution >= 0.6 is 27.5 Å². The van der Waals surface area contributed by atoms with Gasteiger partial charge >= 0.3 is 0 Å². The summed E-state index contributed by atoms with van der Waals surface area (Å²) in [4.78, 5) is 0. The second kappa shape index (κ2) is 6.78. The van der Waals surface area contributed by atoms with Crippen molar-refractivity contribution in [3.63, 3.8) is 0 Å². The van der Waals surface area contributed by atoms with Gasteiger partial charge in [-0.25, -0.2) is 4.39 Å². The Bertz CT molecular complexity index is 694. The Balaban J connectivity index is 2.13. The van der Waals surface area contributed by atoms with E-state index in [-0.39, 0.29) is 11.7 Å². The second-order valence-electron chi connectivity index (χ2n) is 4.27. The lowest BCUT2D eigenvalue weighted by molar-refractivity contribution is 0.318. The lowest BCUT2D eigenvalue weighted by Crippen LogP contribution is -2.13. The van der Waals surface area contributed by atoms with E-state index < -0.39 is 0 Å². The number of nitrogens with one attached hydrogen (secondary N) is 1. The molecule has 0 aromatic heterocycles. The van der Waals surface area contributed by atoms with Gasteiger partial charge in [0.1, 0.15) is 5.82 Å². The lowest BCUT2D eigenvalue weighted by Gasteiger charge is -2.10. The van der Waals surface area contributed by atoms with Crippen molar-refractivity contribution in [3.05, 3.63) is 62.8 Å². The first-order chi connectivity index (χ1) is 10.0. The molecular formula is C14H12BrClFN3O. The second-order valence-corrected chi connectivity index (χ2v) is 5.59. The van der Waals surface area contributed by atoms with E-state index in [1.807, 2.05) is 0 Å². The molecule has 0 heterocycles. The maximum absolute atomic E-state index is 13.7. The maximum Gasteiger partial charge on any atom is 0.170 e. The van der Waals surface area contributed by atoms with Crippen LogP contribution in [0.2, 0.25) is 5.02 Å². The highest BCUT2D eigenvalue weighted by Gasteiger charge is 2.07. The predicted octanol–water partition coefficient (Wildman–Crippen LogP) is 3.95. The number of hydrogen-bond donors (Lipinski definition) is 3. The molecule has 0 radical (unpaired) electrons. The largest absolute Gasteiger partial charge is 0.409 e. The molecule has 21 heavy (non-hydrogen) atoms. The smallest absolute Gasteiger partial charge is 0.170 e. The van der Waals surface area contributed by atoms with Gasteiger partial charge in [0.15, 0.2) is 5.84 Å². The van der Waals surface area contributed by atoms with Crippen LogP contribution in [0.3, 0.4) is 0 Å². The van der Waals surface area contributed by atoms with E-state index in [9.17, 15) is 4.39 Å². The molecule has 0 aliphatic carbocycles. The minimum atomic E-state index is -0.353. The average molecular weight is 373 g/mol. The average Bonchev–Trinajstić information content (AvgIpc) is 2.46.